The molecule has 7 nitrogen and oxygen atoms in total. The molecule has 34 heavy (non-hydrogen) atoms. The number of aromatic nitrogens is 3. The maximum atomic E-state index is 13.3. The Morgan fingerprint density at radius 1 is 0.882 bits per heavy atom. The first-order valence-corrected chi connectivity index (χ1v) is 11.5. The molecule has 3 heterocycles. The van der Waals surface area contributed by atoms with Crippen molar-refractivity contribution in [2.75, 3.05) is 43.4 Å². The molecule has 4 aromatic rings. The maximum absolute atomic E-state index is 13.3. The van der Waals surface area contributed by atoms with Crippen molar-refractivity contribution in [3.05, 3.63) is 90.3 Å². The van der Waals surface area contributed by atoms with Crippen molar-refractivity contribution in [1.82, 2.24) is 19.7 Å². The molecule has 0 bridgehead atoms. The van der Waals surface area contributed by atoms with Crippen molar-refractivity contribution in [1.29, 1.82) is 0 Å². The molecule has 1 saturated heterocycles. The summed E-state index contributed by atoms with van der Waals surface area (Å²) >= 11 is 0. The fraction of sp³-hybridized carbons (Fsp3) is 0.222. The second-order valence-electron chi connectivity index (χ2n) is 8.68. The SMILES string of the molecule is Cc1ccc(-n2cc(C(=O)Nc3ccc(N4CCN(C)CC4)cn3)c(-c3ccccc3)n2)cc1. The van der Waals surface area contributed by atoms with Gasteiger partial charge in [-0.25, -0.2) is 9.67 Å². The Morgan fingerprint density at radius 3 is 2.26 bits per heavy atom. The number of hydrogen-bond acceptors (Lipinski definition) is 5. The number of nitrogens with one attached hydrogen (secondary N) is 1. The average molecular weight is 453 g/mol. The highest BCUT2D eigenvalue weighted by molar-refractivity contribution is 6.07. The number of aryl methyl sites for hydroxylation is 1. The molecule has 2 aromatic heterocycles. The molecule has 0 atom stereocenters. The van der Waals surface area contributed by atoms with E-state index in [-0.39, 0.29) is 5.91 Å². The van der Waals surface area contributed by atoms with Gasteiger partial charge in [-0.05, 0) is 38.2 Å². The Labute approximate surface area is 199 Å². The summed E-state index contributed by atoms with van der Waals surface area (Å²) in [5.74, 6) is 0.280. The number of pyridine rings is 1. The molecule has 172 valence electrons. The number of benzene rings is 2. The first-order chi connectivity index (χ1) is 16.6. The quantitative estimate of drug-likeness (QED) is 0.491. The number of amides is 1. The van der Waals surface area contributed by atoms with E-state index in [1.807, 2.05) is 79.9 Å². The molecular weight excluding hydrogens is 424 g/mol. The average Bonchev–Trinajstić information content (AvgIpc) is 3.32. The third-order valence-corrected chi connectivity index (χ3v) is 6.16. The minimum absolute atomic E-state index is 0.239. The Morgan fingerprint density at radius 2 is 1.59 bits per heavy atom. The lowest BCUT2D eigenvalue weighted by Gasteiger charge is -2.33. The fourth-order valence-corrected chi connectivity index (χ4v) is 4.07. The molecule has 0 aliphatic carbocycles. The van der Waals surface area contributed by atoms with E-state index >= 15 is 0 Å². The highest BCUT2D eigenvalue weighted by Gasteiger charge is 2.20. The predicted octanol–water partition coefficient (Wildman–Crippen LogP) is 4.25. The van der Waals surface area contributed by atoms with Gasteiger partial charge in [0.2, 0.25) is 0 Å². The highest BCUT2D eigenvalue weighted by Crippen LogP contribution is 2.25. The zero-order chi connectivity index (χ0) is 23.5. The van der Waals surface area contributed by atoms with Crippen LogP contribution in [-0.2, 0) is 0 Å². The summed E-state index contributed by atoms with van der Waals surface area (Å²) in [7, 11) is 2.14. The van der Waals surface area contributed by atoms with Gasteiger partial charge in [-0.3, -0.25) is 4.79 Å². The molecule has 1 N–H and O–H groups in total. The van der Waals surface area contributed by atoms with Gasteiger partial charge >= 0.3 is 0 Å². The summed E-state index contributed by atoms with van der Waals surface area (Å²) in [5, 5.41) is 7.70. The summed E-state index contributed by atoms with van der Waals surface area (Å²) in [6.45, 7) is 6.06. The number of carbonyl (C=O) groups excluding carboxylic acids is 1. The standard InChI is InChI=1S/C27H28N6O/c1-20-8-10-22(11-9-20)33-19-24(26(30-33)21-6-4-3-5-7-21)27(34)29-25-13-12-23(18-28-25)32-16-14-31(2)15-17-32/h3-13,18-19H,14-17H2,1-2H3,(H,28,29,34). The lowest BCUT2D eigenvalue weighted by atomic mass is 10.1. The molecule has 0 saturated carbocycles. The molecule has 1 aliphatic rings. The van der Waals surface area contributed by atoms with Crippen molar-refractivity contribution in [3.8, 4) is 16.9 Å². The first kappa shape index (κ1) is 21.9. The van der Waals surface area contributed by atoms with Crippen LogP contribution in [0.25, 0.3) is 16.9 Å². The molecule has 7 heteroatoms. The Hall–Kier alpha value is -3.97. The first-order valence-electron chi connectivity index (χ1n) is 11.5. The van der Waals surface area contributed by atoms with Crippen molar-refractivity contribution in [3.63, 3.8) is 0 Å². The molecule has 1 fully saturated rings. The lowest BCUT2D eigenvalue weighted by molar-refractivity contribution is 0.102. The van der Waals surface area contributed by atoms with E-state index in [9.17, 15) is 4.79 Å². The Kier molecular flexibility index (Phi) is 6.10. The second kappa shape index (κ2) is 9.49. The minimum atomic E-state index is -0.239. The number of anilines is 2. The largest absolute Gasteiger partial charge is 0.368 e. The number of rotatable bonds is 5. The number of hydrogen-bond donors (Lipinski definition) is 1. The predicted molar refractivity (Wildman–Crippen MR) is 136 cm³/mol. The van der Waals surface area contributed by atoms with E-state index in [1.165, 1.54) is 5.56 Å². The monoisotopic (exact) mass is 452 g/mol. The van der Waals surface area contributed by atoms with E-state index in [2.05, 4.69) is 27.1 Å². The molecule has 1 amide bonds. The van der Waals surface area contributed by atoms with Crippen LogP contribution in [0.3, 0.4) is 0 Å². The minimum Gasteiger partial charge on any atom is -0.368 e. The number of nitrogens with zero attached hydrogens (tertiary/aromatic N) is 5. The van der Waals surface area contributed by atoms with E-state index in [0.717, 1.165) is 43.1 Å². The van der Waals surface area contributed by atoms with Gasteiger partial charge in [-0.2, -0.15) is 5.10 Å². The Balaban J connectivity index is 1.40. The maximum Gasteiger partial charge on any atom is 0.260 e. The van der Waals surface area contributed by atoms with E-state index < -0.39 is 0 Å². The molecule has 0 unspecified atom stereocenters. The van der Waals surface area contributed by atoms with Crippen LogP contribution in [0.15, 0.2) is 79.1 Å². The topological polar surface area (TPSA) is 66.3 Å². The third-order valence-electron chi connectivity index (χ3n) is 6.16. The van der Waals surface area contributed by atoms with Gasteiger partial charge in [0.05, 0.1) is 23.1 Å². The van der Waals surface area contributed by atoms with Crippen molar-refractivity contribution < 1.29 is 4.79 Å². The molecule has 2 aromatic carbocycles. The summed E-state index contributed by atoms with van der Waals surface area (Å²) in [4.78, 5) is 22.4. The summed E-state index contributed by atoms with van der Waals surface area (Å²) in [6, 6.07) is 21.7. The molecule has 0 radical (unpaired) electrons. The number of carbonyl (C=O) groups is 1. The highest BCUT2D eigenvalue weighted by atomic mass is 16.1. The number of likely N-dealkylation sites (N-methyl/N-ethyl adjacent to an activating group) is 1. The lowest BCUT2D eigenvalue weighted by Crippen LogP contribution is -2.44. The van der Waals surface area contributed by atoms with Crippen LogP contribution < -0.4 is 10.2 Å². The van der Waals surface area contributed by atoms with Gasteiger partial charge in [-0.1, -0.05) is 48.0 Å². The Bertz CT molecular complexity index is 1260. The second-order valence-corrected chi connectivity index (χ2v) is 8.68. The van der Waals surface area contributed by atoms with Crippen LogP contribution >= 0.6 is 0 Å². The molecule has 0 spiro atoms. The van der Waals surface area contributed by atoms with Gasteiger partial charge in [0.25, 0.3) is 5.91 Å². The zero-order valence-electron chi connectivity index (χ0n) is 19.5. The van der Waals surface area contributed by atoms with Crippen molar-refractivity contribution in [2.24, 2.45) is 0 Å². The normalized spacial score (nSPS) is 14.2. The molecular formula is C27H28N6O. The van der Waals surface area contributed by atoms with Gasteiger partial charge in [0.1, 0.15) is 11.5 Å². The number of piperazine rings is 1. The summed E-state index contributed by atoms with van der Waals surface area (Å²) in [5.41, 5.74) is 5.16. The van der Waals surface area contributed by atoms with Gasteiger partial charge < -0.3 is 15.1 Å². The van der Waals surface area contributed by atoms with Gasteiger partial charge in [0.15, 0.2) is 0 Å². The fourth-order valence-electron chi connectivity index (χ4n) is 4.07. The molecule has 5 rings (SSSR count). The summed E-state index contributed by atoms with van der Waals surface area (Å²) < 4.78 is 1.75. The van der Waals surface area contributed by atoms with E-state index in [0.29, 0.717) is 17.1 Å². The van der Waals surface area contributed by atoms with Crippen molar-refractivity contribution >= 4 is 17.4 Å². The third kappa shape index (κ3) is 4.70. The van der Waals surface area contributed by atoms with Crippen LogP contribution in [0.1, 0.15) is 15.9 Å². The summed E-state index contributed by atoms with van der Waals surface area (Å²) in [6.07, 6.45) is 3.61. The van der Waals surface area contributed by atoms with Crippen LogP contribution in [0.5, 0.6) is 0 Å². The van der Waals surface area contributed by atoms with E-state index in [1.54, 1.807) is 10.9 Å². The van der Waals surface area contributed by atoms with Gasteiger partial charge in [-0.15, -0.1) is 0 Å². The van der Waals surface area contributed by atoms with E-state index in [4.69, 9.17) is 5.10 Å². The smallest absolute Gasteiger partial charge is 0.260 e. The zero-order valence-corrected chi connectivity index (χ0v) is 19.5. The molecule has 1 aliphatic heterocycles. The van der Waals surface area contributed by atoms with Crippen LogP contribution in [-0.4, -0.2) is 58.8 Å². The van der Waals surface area contributed by atoms with Gasteiger partial charge in [0, 0.05) is 37.9 Å². The van der Waals surface area contributed by atoms with Crippen LogP contribution in [0.4, 0.5) is 11.5 Å². The van der Waals surface area contributed by atoms with Crippen LogP contribution in [0, 0.1) is 6.92 Å². The van der Waals surface area contributed by atoms with Crippen molar-refractivity contribution in [2.45, 2.75) is 6.92 Å². The van der Waals surface area contributed by atoms with Crippen LogP contribution in [0.2, 0.25) is 0 Å².